The summed E-state index contributed by atoms with van der Waals surface area (Å²) in [6.07, 6.45) is 1.03. The summed E-state index contributed by atoms with van der Waals surface area (Å²) in [6.45, 7) is 4.47. The van der Waals surface area contributed by atoms with Gasteiger partial charge in [-0.3, -0.25) is 4.79 Å². The number of hydrogen-bond donors (Lipinski definition) is 1. The first-order chi connectivity index (χ1) is 14.3. The van der Waals surface area contributed by atoms with Gasteiger partial charge in [-0.1, -0.05) is 11.3 Å². The summed E-state index contributed by atoms with van der Waals surface area (Å²) >= 11 is 1.24. The lowest BCUT2D eigenvalue weighted by atomic mass is 9.83. The topological polar surface area (TPSA) is 82.6 Å². The molecule has 1 amide bonds. The van der Waals surface area contributed by atoms with E-state index in [1.54, 1.807) is 12.1 Å². The van der Waals surface area contributed by atoms with E-state index in [1.165, 1.54) is 18.3 Å². The Morgan fingerprint density at radius 1 is 1.30 bits per heavy atom. The van der Waals surface area contributed by atoms with E-state index in [1.807, 2.05) is 6.92 Å². The van der Waals surface area contributed by atoms with Gasteiger partial charge in [-0.2, -0.15) is 0 Å². The molecule has 0 aromatic carbocycles. The number of hydrogen-bond acceptors (Lipinski definition) is 7. The number of aromatic nitrogens is 2. The maximum Gasteiger partial charge on any atom is 0.276 e. The Morgan fingerprint density at radius 3 is 2.77 bits per heavy atom. The van der Waals surface area contributed by atoms with E-state index in [-0.39, 0.29) is 30.9 Å². The molecule has 2 aliphatic carbocycles. The van der Waals surface area contributed by atoms with Crippen molar-refractivity contribution in [2.24, 2.45) is 5.92 Å². The van der Waals surface area contributed by atoms with Crippen LogP contribution in [0.4, 0.5) is 8.78 Å². The van der Waals surface area contributed by atoms with E-state index >= 15 is 0 Å². The van der Waals surface area contributed by atoms with E-state index in [4.69, 9.17) is 14.2 Å². The second kappa shape index (κ2) is 8.58. The molecule has 1 atom stereocenters. The van der Waals surface area contributed by atoms with Crippen LogP contribution >= 0.6 is 11.3 Å². The highest BCUT2D eigenvalue weighted by atomic mass is 32.1. The number of carbonyl (C=O) groups is 1. The molecule has 30 heavy (non-hydrogen) atoms. The highest BCUT2D eigenvalue weighted by Crippen LogP contribution is 2.41. The molecular weight excluding hydrogens is 416 g/mol. The smallest absolute Gasteiger partial charge is 0.276 e. The monoisotopic (exact) mass is 441 g/mol. The molecule has 2 fully saturated rings. The second-order valence-electron chi connectivity index (χ2n) is 8.16. The number of nitrogens with one attached hydrogen (secondary N) is 1. The molecule has 0 spiro atoms. The molecule has 2 aromatic rings. The number of amides is 1. The fourth-order valence-electron chi connectivity index (χ4n) is 3.56. The van der Waals surface area contributed by atoms with Crippen LogP contribution in [0.1, 0.15) is 39.5 Å². The van der Waals surface area contributed by atoms with Crippen molar-refractivity contribution in [3.8, 4) is 11.1 Å². The molecule has 2 aromatic heterocycles. The molecule has 2 heterocycles. The molecule has 0 radical (unpaired) electrons. The van der Waals surface area contributed by atoms with Crippen LogP contribution in [0.2, 0.25) is 0 Å². The zero-order valence-electron chi connectivity index (χ0n) is 16.9. The van der Waals surface area contributed by atoms with Gasteiger partial charge in [0.1, 0.15) is 11.6 Å². The van der Waals surface area contributed by atoms with Crippen molar-refractivity contribution in [1.29, 1.82) is 0 Å². The molecular formula is C20H25F2N3O4S. The van der Waals surface area contributed by atoms with Crippen molar-refractivity contribution in [3.05, 3.63) is 12.1 Å². The van der Waals surface area contributed by atoms with Crippen molar-refractivity contribution in [2.75, 3.05) is 13.2 Å². The number of alkyl halides is 2. The quantitative estimate of drug-likeness (QED) is 0.641. The van der Waals surface area contributed by atoms with Crippen LogP contribution in [0.3, 0.4) is 0 Å². The normalized spacial score (nSPS) is 24.0. The van der Waals surface area contributed by atoms with Crippen molar-refractivity contribution >= 4 is 27.6 Å². The van der Waals surface area contributed by atoms with E-state index in [0.717, 1.165) is 12.8 Å². The van der Waals surface area contributed by atoms with Gasteiger partial charge < -0.3 is 19.5 Å². The number of thiazole rings is 1. The molecule has 0 bridgehead atoms. The Hall–Kier alpha value is -2.07. The Labute approximate surface area is 177 Å². The minimum absolute atomic E-state index is 0.00258. The average Bonchev–Trinajstić information content (AvgIpc) is 2.99. The zero-order valence-corrected chi connectivity index (χ0v) is 17.7. The first kappa shape index (κ1) is 21.2. The summed E-state index contributed by atoms with van der Waals surface area (Å²) in [4.78, 5) is 20.4. The molecule has 2 saturated carbocycles. The lowest BCUT2D eigenvalue weighted by molar-refractivity contribution is -0.134. The van der Waals surface area contributed by atoms with Gasteiger partial charge in [-0.15, -0.1) is 0 Å². The highest BCUT2D eigenvalue weighted by molar-refractivity contribution is 7.19. The average molecular weight is 442 g/mol. The van der Waals surface area contributed by atoms with Crippen molar-refractivity contribution in [1.82, 2.24) is 15.3 Å². The molecule has 7 nitrogen and oxygen atoms in total. The SMILES string of the molecule is CC(=O)N[C@@H](C)COC1CC(COc2ccc3nc(OC4CC(F)(F)C4)sc3n2)C1. The third-order valence-corrected chi connectivity index (χ3v) is 6.08. The summed E-state index contributed by atoms with van der Waals surface area (Å²) < 4.78 is 43.0. The Morgan fingerprint density at radius 2 is 2.07 bits per heavy atom. The molecule has 1 N–H and O–H groups in total. The number of nitrogens with zero attached hydrogens (tertiary/aromatic N) is 2. The standard InChI is InChI=1S/C20H25F2N3O4S/c1-11(23-12(2)26)9-27-14-5-13(6-14)10-28-17-4-3-16-18(25-17)30-19(24-16)29-15-7-20(21,22)8-15/h3-4,11,13-15H,5-10H2,1-2H3,(H,23,26)/t11-,13?,14?/m0/s1. The van der Waals surface area contributed by atoms with Gasteiger partial charge in [0.25, 0.3) is 11.1 Å². The third-order valence-electron chi connectivity index (χ3n) is 5.22. The van der Waals surface area contributed by atoms with Gasteiger partial charge in [-0.25, -0.2) is 18.7 Å². The summed E-state index contributed by atoms with van der Waals surface area (Å²) in [5.41, 5.74) is 0.666. The van der Waals surface area contributed by atoms with Crippen LogP contribution < -0.4 is 14.8 Å². The summed E-state index contributed by atoms with van der Waals surface area (Å²) in [7, 11) is 0. The van der Waals surface area contributed by atoms with Crippen molar-refractivity contribution < 1.29 is 27.8 Å². The van der Waals surface area contributed by atoms with Crippen molar-refractivity contribution in [2.45, 2.75) is 63.7 Å². The van der Waals surface area contributed by atoms with Crippen LogP contribution in [0, 0.1) is 5.92 Å². The predicted molar refractivity (Wildman–Crippen MR) is 107 cm³/mol. The van der Waals surface area contributed by atoms with Crippen molar-refractivity contribution in [3.63, 3.8) is 0 Å². The van der Waals surface area contributed by atoms with Crippen LogP contribution in [-0.2, 0) is 9.53 Å². The van der Waals surface area contributed by atoms with Gasteiger partial charge in [-0.05, 0) is 31.7 Å². The fraction of sp³-hybridized carbons (Fsp3) is 0.650. The van der Waals surface area contributed by atoms with E-state index < -0.39 is 12.0 Å². The van der Waals surface area contributed by atoms with Gasteiger partial charge in [0.2, 0.25) is 11.8 Å². The zero-order chi connectivity index (χ0) is 21.3. The Balaban J connectivity index is 1.19. The number of rotatable bonds is 9. The van der Waals surface area contributed by atoms with Crippen LogP contribution in [0.25, 0.3) is 10.3 Å². The van der Waals surface area contributed by atoms with Gasteiger partial charge >= 0.3 is 0 Å². The molecule has 10 heteroatoms. The van der Waals surface area contributed by atoms with Crippen LogP contribution in [0.5, 0.6) is 11.1 Å². The Bertz CT molecular complexity index is 895. The van der Waals surface area contributed by atoms with Crippen LogP contribution in [-0.4, -0.2) is 53.3 Å². The van der Waals surface area contributed by atoms with Gasteiger partial charge in [0.15, 0.2) is 4.83 Å². The number of carbonyl (C=O) groups excluding carboxylic acids is 1. The molecule has 0 unspecified atom stereocenters. The first-order valence-corrected chi connectivity index (χ1v) is 10.9. The predicted octanol–water partition coefficient (Wildman–Crippen LogP) is 3.57. The molecule has 0 aliphatic heterocycles. The highest BCUT2D eigenvalue weighted by Gasteiger charge is 2.47. The van der Waals surface area contributed by atoms with E-state index in [9.17, 15) is 13.6 Å². The fourth-order valence-corrected chi connectivity index (χ4v) is 4.41. The number of pyridine rings is 1. The number of fused-ring (bicyclic) bond motifs is 1. The van der Waals surface area contributed by atoms with Crippen LogP contribution in [0.15, 0.2) is 12.1 Å². The molecule has 2 aliphatic rings. The maximum atomic E-state index is 12.9. The lowest BCUT2D eigenvalue weighted by Gasteiger charge is -2.35. The lowest BCUT2D eigenvalue weighted by Crippen LogP contribution is -2.43. The maximum absolute atomic E-state index is 12.9. The number of ether oxygens (including phenoxy) is 3. The molecule has 0 saturated heterocycles. The molecule has 164 valence electrons. The second-order valence-corrected chi connectivity index (χ2v) is 9.10. The van der Waals surface area contributed by atoms with E-state index in [2.05, 4.69) is 15.3 Å². The van der Waals surface area contributed by atoms with Gasteiger partial charge in [0, 0.05) is 31.9 Å². The Kier molecular flexibility index (Phi) is 6.06. The number of halogens is 2. The first-order valence-electron chi connectivity index (χ1n) is 10.1. The van der Waals surface area contributed by atoms with Gasteiger partial charge in [0.05, 0.1) is 19.3 Å². The van der Waals surface area contributed by atoms with E-state index in [0.29, 0.717) is 40.6 Å². The molecule has 4 rings (SSSR count). The summed E-state index contributed by atoms with van der Waals surface area (Å²) in [5, 5.41) is 3.16. The summed E-state index contributed by atoms with van der Waals surface area (Å²) in [5.74, 6) is -1.75. The minimum Gasteiger partial charge on any atom is -0.477 e. The minimum atomic E-state index is -2.62. The summed E-state index contributed by atoms with van der Waals surface area (Å²) in [6, 6.07) is 3.56. The largest absolute Gasteiger partial charge is 0.477 e. The third kappa shape index (κ3) is 5.34.